The molecule has 0 spiro atoms. The summed E-state index contributed by atoms with van der Waals surface area (Å²) >= 11 is 1.20. The van der Waals surface area contributed by atoms with Gasteiger partial charge in [-0.15, -0.1) is 16.8 Å². The van der Waals surface area contributed by atoms with E-state index in [9.17, 15) is 9.59 Å². The number of nitrogens with one attached hydrogen (secondary N) is 2. The third-order valence-electron chi connectivity index (χ3n) is 2.25. The highest BCUT2D eigenvalue weighted by Crippen LogP contribution is 2.15. The van der Waals surface area contributed by atoms with E-state index in [2.05, 4.69) is 27.4 Å². The lowest BCUT2D eigenvalue weighted by Gasteiger charge is -2.07. The van der Waals surface area contributed by atoms with Crippen LogP contribution in [0, 0.1) is 6.92 Å². The van der Waals surface area contributed by atoms with Gasteiger partial charge in [-0.2, -0.15) is 0 Å². The van der Waals surface area contributed by atoms with E-state index >= 15 is 0 Å². The number of aromatic nitrogens is 3. The van der Waals surface area contributed by atoms with Crippen molar-refractivity contribution in [3.63, 3.8) is 0 Å². The Bertz CT molecular complexity index is 487. The smallest absolute Gasteiger partial charge is 0.321 e. The molecule has 1 heterocycles. The molecule has 0 saturated carbocycles. The molecule has 0 fully saturated rings. The maximum Gasteiger partial charge on any atom is 0.321 e. The van der Waals surface area contributed by atoms with E-state index in [1.807, 2.05) is 11.5 Å². The summed E-state index contributed by atoms with van der Waals surface area (Å²) in [6, 6.07) is -0.546. The maximum atomic E-state index is 11.6. The van der Waals surface area contributed by atoms with Crippen molar-refractivity contribution in [3.8, 4) is 0 Å². The van der Waals surface area contributed by atoms with Gasteiger partial charge in [0, 0.05) is 19.6 Å². The van der Waals surface area contributed by atoms with Crippen molar-refractivity contribution in [2.24, 2.45) is 5.73 Å². The zero-order chi connectivity index (χ0) is 15.0. The Labute approximate surface area is 121 Å². The fourth-order valence-electron chi connectivity index (χ4n) is 1.36. The summed E-state index contributed by atoms with van der Waals surface area (Å²) in [5, 5.41) is 13.1. The third kappa shape index (κ3) is 5.02. The monoisotopic (exact) mass is 298 g/mol. The number of imide groups is 1. The van der Waals surface area contributed by atoms with Gasteiger partial charge in [0.05, 0.1) is 5.75 Å². The molecule has 0 saturated heterocycles. The van der Waals surface area contributed by atoms with Gasteiger partial charge < -0.3 is 15.6 Å². The van der Waals surface area contributed by atoms with Gasteiger partial charge in [-0.3, -0.25) is 10.1 Å². The van der Waals surface area contributed by atoms with Crippen molar-refractivity contribution in [1.82, 2.24) is 25.4 Å². The van der Waals surface area contributed by atoms with Gasteiger partial charge >= 0.3 is 6.03 Å². The number of nitrogens with two attached hydrogens (primary N) is 1. The number of carbonyl (C=O) groups is 2. The number of hydrogen-bond donors (Lipinski definition) is 3. The lowest BCUT2D eigenvalue weighted by Crippen LogP contribution is -2.40. The standard InChI is InChI=1S/C11H18N6O2S/c1-3-5-13-10(19)14-9(18)7-20-11-16-15-8(2)17(11)6-4-12/h3H,1,4-7,12H2,2H3,(H2,13,14,18,19). The number of rotatable bonds is 7. The lowest BCUT2D eigenvalue weighted by atomic mass is 10.6. The third-order valence-corrected chi connectivity index (χ3v) is 3.21. The minimum Gasteiger partial charge on any atom is -0.334 e. The summed E-state index contributed by atoms with van der Waals surface area (Å²) in [6.07, 6.45) is 1.52. The number of hydrogen-bond acceptors (Lipinski definition) is 6. The van der Waals surface area contributed by atoms with Crippen molar-refractivity contribution in [2.45, 2.75) is 18.6 Å². The van der Waals surface area contributed by atoms with Crippen LogP contribution in [0.4, 0.5) is 4.79 Å². The van der Waals surface area contributed by atoms with Crippen molar-refractivity contribution < 1.29 is 9.59 Å². The van der Waals surface area contributed by atoms with Crippen LogP contribution in [0.5, 0.6) is 0 Å². The van der Waals surface area contributed by atoms with Crippen LogP contribution in [-0.2, 0) is 11.3 Å². The SMILES string of the molecule is C=CCNC(=O)NC(=O)CSc1nnc(C)n1CCN. The molecular weight excluding hydrogens is 280 g/mol. The van der Waals surface area contributed by atoms with E-state index in [0.29, 0.717) is 24.8 Å². The van der Waals surface area contributed by atoms with Gasteiger partial charge in [-0.05, 0) is 6.92 Å². The van der Waals surface area contributed by atoms with Crippen LogP contribution in [0.2, 0.25) is 0 Å². The molecule has 4 N–H and O–H groups in total. The zero-order valence-corrected chi connectivity index (χ0v) is 12.1. The molecule has 0 radical (unpaired) electrons. The second-order valence-corrected chi connectivity index (χ2v) is 4.75. The molecule has 20 heavy (non-hydrogen) atoms. The summed E-state index contributed by atoms with van der Waals surface area (Å²) in [4.78, 5) is 22.8. The predicted molar refractivity (Wildman–Crippen MR) is 76.3 cm³/mol. The molecule has 9 heteroatoms. The van der Waals surface area contributed by atoms with E-state index in [1.165, 1.54) is 17.8 Å². The molecule has 1 aromatic rings. The van der Waals surface area contributed by atoms with Crippen LogP contribution in [0.1, 0.15) is 5.82 Å². The van der Waals surface area contributed by atoms with Gasteiger partial charge in [-0.1, -0.05) is 17.8 Å². The normalized spacial score (nSPS) is 10.1. The van der Waals surface area contributed by atoms with E-state index in [0.717, 1.165) is 5.82 Å². The molecule has 1 rings (SSSR count). The summed E-state index contributed by atoms with van der Waals surface area (Å²) in [5.74, 6) is 0.406. The molecule has 0 aliphatic rings. The Morgan fingerprint density at radius 1 is 1.50 bits per heavy atom. The fourth-order valence-corrected chi connectivity index (χ4v) is 2.17. The molecule has 0 aliphatic heterocycles. The summed E-state index contributed by atoms with van der Waals surface area (Å²) in [6.45, 7) is 6.62. The van der Waals surface area contributed by atoms with Gasteiger partial charge in [0.1, 0.15) is 5.82 Å². The number of urea groups is 1. The highest BCUT2D eigenvalue weighted by atomic mass is 32.2. The number of aryl methyl sites for hydroxylation is 1. The summed E-state index contributed by atoms with van der Waals surface area (Å²) in [5.41, 5.74) is 5.50. The molecule has 0 bridgehead atoms. The fraction of sp³-hybridized carbons (Fsp3) is 0.455. The van der Waals surface area contributed by atoms with Gasteiger partial charge in [0.15, 0.2) is 5.16 Å². The van der Waals surface area contributed by atoms with Gasteiger partial charge in [0.2, 0.25) is 5.91 Å². The van der Waals surface area contributed by atoms with E-state index < -0.39 is 11.9 Å². The molecule has 8 nitrogen and oxygen atoms in total. The Kier molecular flexibility index (Phi) is 6.74. The summed E-state index contributed by atoms with van der Waals surface area (Å²) < 4.78 is 1.83. The first-order valence-corrected chi connectivity index (χ1v) is 6.98. The van der Waals surface area contributed by atoms with E-state index in [4.69, 9.17) is 5.73 Å². The molecule has 0 aromatic carbocycles. The molecule has 1 aromatic heterocycles. The Hall–Kier alpha value is -1.87. The predicted octanol–water partition coefficient (Wildman–Crippen LogP) is -0.351. The lowest BCUT2D eigenvalue weighted by molar-refractivity contribution is -0.117. The average Bonchev–Trinajstić information content (AvgIpc) is 2.76. The van der Waals surface area contributed by atoms with Crippen molar-refractivity contribution in [3.05, 3.63) is 18.5 Å². The first-order valence-electron chi connectivity index (χ1n) is 5.99. The molecule has 0 aliphatic carbocycles. The topological polar surface area (TPSA) is 115 Å². The minimum atomic E-state index is -0.546. The molecular formula is C11H18N6O2S. The molecule has 0 atom stereocenters. The number of thioether (sulfide) groups is 1. The maximum absolute atomic E-state index is 11.6. The highest BCUT2D eigenvalue weighted by molar-refractivity contribution is 7.99. The van der Waals surface area contributed by atoms with Crippen LogP contribution < -0.4 is 16.4 Å². The zero-order valence-electron chi connectivity index (χ0n) is 11.3. The second-order valence-electron chi connectivity index (χ2n) is 3.81. The Balaban J connectivity index is 2.44. The van der Waals surface area contributed by atoms with Gasteiger partial charge in [0.25, 0.3) is 0 Å². The van der Waals surface area contributed by atoms with E-state index in [-0.39, 0.29) is 5.75 Å². The van der Waals surface area contributed by atoms with Crippen LogP contribution in [0.25, 0.3) is 0 Å². The highest BCUT2D eigenvalue weighted by Gasteiger charge is 2.12. The van der Waals surface area contributed by atoms with Crippen molar-refractivity contribution >= 4 is 23.7 Å². The molecule has 3 amide bonds. The minimum absolute atomic E-state index is 0.0736. The largest absolute Gasteiger partial charge is 0.334 e. The van der Waals surface area contributed by atoms with E-state index in [1.54, 1.807) is 0 Å². The average molecular weight is 298 g/mol. The quantitative estimate of drug-likeness (QED) is 0.468. The van der Waals surface area contributed by atoms with Crippen LogP contribution in [0.15, 0.2) is 17.8 Å². The Morgan fingerprint density at radius 3 is 2.90 bits per heavy atom. The van der Waals surface area contributed by atoms with Gasteiger partial charge in [-0.25, -0.2) is 4.79 Å². The number of nitrogens with zero attached hydrogens (tertiary/aromatic N) is 3. The number of amides is 3. The Morgan fingerprint density at radius 2 is 2.25 bits per heavy atom. The first kappa shape index (κ1) is 16.2. The van der Waals surface area contributed by atoms with Crippen LogP contribution in [0.3, 0.4) is 0 Å². The summed E-state index contributed by atoms with van der Waals surface area (Å²) in [7, 11) is 0. The van der Waals surface area contributed by atoms with Crippen molar-refractivity contribution in [2.75, 3.05) is 18.8 Å². The van der Waals surface area contributed by atoms with Crippen LogP contribution in [-0.4, -0.2) is 45.5 Å². The molecule has 110 valence electrons. The number of carbonyl (C=O) groups excluding carboxylic acids is 2. The van der Waals surface area contributed by atoms with Crippen LogP contribution >= 0.6 is 11.8 Å². The van der Waals surface area contributed by atoms with Crippen molar-refractivity contribution in [1.29, 1.82) is 0 Å². The second kappa shape index (κ2) is 8.33. The first-order chi connectivity index (χ1) is 9.58. The molecule has 0 unspecified atom stereocenters.